The maximum Gasteiger partial charge on any atom is 0.329 e. The summed E-state index contributed by atoms with van der Waals surface area (Å²) in [5.74, 6) is -1.70. The van der Waals surface area contributed by atoms with Gasteiger partial charge in [-0.3, -0.25) is 9.59 Å². The maximum absolute atomic E-state index is 11.9. The monoisotopic (exact) mass is 428 g/mol. The fourth-order valence-corrected chi connectivity index (χ4v) is 3.09. The molecule has 2 amide bonds. The van der Waals surface area contributed by atoms with Gasteiger partial charge in [-0.05, 0) is 68.4 Å². The van der Waals surface area contributed by atoms with Crippen molar-refractivity contribution < 1.29 is 9.59 Å². The topological polar surface area (TPSA) is 75.5 Å². The van der Waals surface area contributed by atoms with Crippen molar-refractivity contribution in [2.24, 2.45) is 5.10 Å². The van der Waals surface area contributed by atoms with Crippen LogP contribution in [0, 0.1) is 13.8 Å². The number of carbonyl (C=O) groups excluding carboxylic acids is 2. The molecule has 0 bridgehead atoms. The maximum atomic E-state index is 11.9. The first-order valence-corrected chi connectivity index (χ1v) is 9.45. The molecule has 0 saturated carbocycles. The van der Waals surface area contributed by atoms with Gasteiger partial charge in [0.25, 0.3) is 0 Å². The molecule has 2 aromatic carbocycles. The number of hydrogen-bond acceptors (Lipinski definition) is 3. The van der Waals surface area contributed by atoms with Crippen molar-refractivity contribution >= 4 is 46.9 Å². The van der Waals surface area contributed by atoms with Crippen LogP contribution in [-0.4, -0.2) is 22.6 Å². The number of nitrogens with one attached hydrogen (secondary N) is 2. The number of benzene rings is 2. The van der Waals surface area contributed by atoms with Crippen molar-refractivity contribution in [1.82, 2.24) is 9.99 Å². The van der Waals surface area contributed by atoms with Gasteiger partial charge in [0.05, 0.1) is 6.21 Å². The fraction of sp³-hybridized carbons (Fsp3) is 0.0952. The second kappa shape index (κ2) is 8.94. The first-order chi connectivity index (χ1) is 13.8. The van der Waals surface area contributed by atoms with Gasteiger partial charge in [-0.15, -0.1) is 0 Å². The standard InChI is InChI=1S/C21H18Cl2N4O2/c1-13-11-15(14(2)27(13)19-9-5-17(23)6-10-19)12-24-26-21(29)20(28)25-18-7-3-16(22)4-8-18/h3-12H,1-2H3,(H,25,28)(H,26,29)/b24-12-. The summed E-state index contributed by atoms with van der Waals surface area (Å²) < 4.78 is 2.05. The van der Waals surface area contributed by atoms with Gasteiger partial charge in [-0.25, -0.2) is 5.43 Å². The number of rotatable bonds is 4. The lowest BCUT2D eigenvalue weighted by molar-refractivity contribution is -0.136. The van der Waals surface area contributed by atoms with E-state index in [9.17, 15) is 9.59 Å². The number of amides is 2. The molecule has 3 aromatic rings. The van der Waals surface area contributed by atoms with Crippen molar-refractivity contribution in [3.05, 3.63) is 81.6 Å². The van der Waals surface area contributed by atoms with Gasteiger partial charge in [0.15, 0.2) is 0 Å². The van der Waals surface area contributed by atoms with Crippen LogP contribution in [0.1, 0.15) is 17.0 Å². The molecule has 0 fully saturated rings. The third kappa shape index (κ3) is 5.04. The minimum atomic E-state index is -0.872. The molecule has 148 valence electrons. The number of anilines is 1. The van der Waals surface area contributed by atoms with Crippen molar-refractivity contribution in [2.75, 3.05) is 5.32 Å². The van der Waals surface area contributed by atoms with Crippen LogP contribution < -0.4 is 10.7 Å². The zero-order chi connectivity index (χ0) is 21.0. The summed E-state index contributed by atoms with van der Waals surface area (Å²) in [5, 5.41) is 7.57. The molecule has 2 N–H and O–H groups in total. The van der Waals surface area contributed by atoms with E-state index in [1.165, 1.54) is 6.21 Å². The molecule has 0 aliphatic carbocycles. The van der Waals surface area contributed by atoms with Gasteiger partial charge in [0, 0.05) is 38.4 Å². The van der Waals surface area contributed by atoms with E-state index in [-0.39, 0.29) is 0 Å². The molecule has 1 heterocycles. The SMILES string of the molecule is Cc1cc(/C=N\NC(=O)C(=O)Nc2ccc(Cl)cc2)c(C)n1-c1ccc(Cl)cc1. The van der Waals surface area contributed by atoms with Crippen LogP contribution in [0.4, 0.5) is 5.69 Å². The third-order valence-electron chi connectivity index (χ3n) is 4.23. The largest absolute Gasteiger partial charge is 0.329 e. The molecule has 0 unspecified atom stereocenters. The molecule has 0 aliphatic heterocycles. The molecular weight excluding hydrogens is 411 g/mol. The normalized spacial score (nSPS) is 10.9. The number of hydrogen-bond donors (Lipinski definition) is 2. The van der Waals surface area contributed by atoms with Crippen LogP contribution in [0.3, 0.4) is 0 Å². The molecule has 3 rings (SSSR count). The highest BCUT2D eigenvalue weighted by Crippen LogP contribution is 2.21. The zero-order valence-electron chi connectivity index (χ0n) is 15.7. The molecule has 0 atom stereocenters. The Balaban J connectivity index is 1.66. The Bertz CT molecular complexity index is 1070. The highest BCUT2D eigenvalue weighted by Gasteiger charge is 2.13. The van der Waals surface area contributed by atoms with Gasteiger partial charge in [-0.2, -0.15) is 5.10 Å². The minimum Gasteiger partial charge on any atom is -0.318 e. The lowest BCUT2D eigenvalue weighted by Gasteiger charge is -2.09. The summed E-state index contributed by atoms with van der Waals surface area (Å²) in [6.45, 7) is 3.91. The second-order valence-electron chi connectivity index (χ2n) is 6.30. The van der Waals surface area contributed by atoms with Crippen LogP contribution >= 0.6 is 23.2 Å². The second-order valence-corrected chi connectivity index (χ2v) is 7.17. The predicted octanol–water partition coefficient (Wildman–Crippen LogP) is 4.49. The predicted molar refractivity (Wildman–Crippen MR) is 116 cm³/mol. The smallest absolute Gasteiger partial charge is 0.318 e. The molecule has 1 aromatic heterocycles. The summed E-state index contributed by atoms with van der Waals surface area (Å²) in [6.07, 6.45) is 1.50. The quantitative estimate of drug-likeness (QED) is 0.364. The number of nitrogens with zero attached hydrogens (tertiary/aromatic N) is 2. The Morgan fingerprint density at radius 2 is 1.52 bits per heavy atom. The summed E-state index contributed by atoms with van der Waals surface area (Å²) in [7, 11) is 0. The Hall–Kier alpha value is -3.09. The lowest BCUT2D eigenvalue weighted by atomic mass is 10.2. The van der Waals surface area contributed by atoms with Crippen LogP contribution in [0.2, 0.25) is 10.0 Å². The highest BCUT2D eigenvalue weighted by molar-refractivity contribution is 6.39. The van der Waals surface area contributed by atoms with Crippen LogP contribution in [-0.2, 0) is 9.59 Å². The number of hydrazone groups is 1. The minimum absolute atomic E-state index is 0.463. The van der Waals surface area contributed by atoms with Crippen molar-refractivity contribution in [2.45, 2.75) is 13.8 Å². The van der Waals surface area contributed by atoms with Gasteiger partial charge in [-0.1, -0.05) is 23.2 Å². The van der Waals surface area contributed by atoms with Crippen LogP contribution in [0.25, 0.3) is 5.69 Å². The van der Waals surface area contributed by atoms with Gasteiger partial charge < -0.3 is 9.88 Å². The summed E-state index contributed by atoms with van der Waals surface area (Å²) in [6, 6.07) is 15.9. The van der Waals surface area contributed by atoms with Crippen LogP contribution in [0.5, 0.6) is 0 Å². The molecule has 8 heteroatoms. The molecule has 0 spiro atoms. The fourth-order valence-electron chi connectivity index (χ4n) is 2.84. The summed E-state index contributed by atoms with van der Waals surface area (Å²) in [5.41, 5.74) is 6.41. The average molecular weight is 429 g/mol. The van der Waals surface area contributed by atoms with Gasteiger partial charge >= 0.3 is 11.8 Å². The van der Waals surface area contributed by atoms with E-state index < -0.39 is 11.8 Å². The van der Waals surface area contributed by atoms with Gasteiger partial charge in [0.1, 0.15) is 0 Å². The Labute approximate surface area is 178 Å². The Kier molecular flexibility index (Phi) is 6.36. The van der Waals surface area contributed by atoms with E-state index in [1.54, 1.807) is 24.3 Å². The molecule has 6 nitrogen and oxygen atoms in total. The van der Waals surface area contributed by atoms with Crippen LogP contribution in [0.15, 0.2) is 59.7 Å². The molecule has 0 saturated heterocycles. The first-order valence-electron chi connectivity index (χ1n) is 8.70. The van der Waals surface area contributed by atoms with E-state index >= 15 is 0 Å². The lowest BCUT2D eigenvalue weighted by Crippen LogP contribution is -2.32. The Morgan fingerprint density at radius 1 is 0.931 bits per heavy atom. The number of halogens is 2. The number of carbonyl (C=O) groups is 2. The molecule has 0 aliphatic rings. The van der Waals surface area contributed by atoms with E-state index in [0.29, 0.717) is 15.7 Å². The first kappa shape index (κ1) is 20.6. The van der Waals surface area contributed by atoms with Crippen molar-refractivity contribution in [3.8, 4) is 5.69 Å². The van der Waals surface area contributed by atoms with E-state index in [2.05, 4.69) is 15.8 Å². The third-order valence-corrected chi connectivity index (χ3v) is 4.74. The van der Waals surface area contributed by atoms with E-state index in [0.717, 1.165) is 22.6 Å². The van der Waals surface area contributed by atoms with Crippen molar-refractivity contribution in [1.29, 1.82) is 0 Å². The van der Waals surface area contributed by atoms with E-state index in [1.807, 2.05) is 48.7 Å². The summed E-state index contributed by atoms with van der Waals surface area (Å²) >= 11 is 11.7. The number of aryl methyl sites for hydroxylation is 1. The summed E-state index contributed by atoms with van der Waals surface area (Å²) in [4.78, 5) is 23.9. The Morgan fingerprint density at radius 3 is 2.14 bits per heavy atom. The molecule has 0 radical (unpaired) electrons. The average Bonchev–Trinajstić information content (AvgIpc) is 2.97. The van der Waals surface area contributed by atoms with E-state index in [4.69, 9.17) is 23.2 Å². The number of aromatic nitrogens is 1. The van der Waals surface area contributed by atoms with Crippen molar-refractivity contribution in [3.63, 3.8) is 0 Å². The molecular formula is C21H18Cl2N4O2. The molecule has 29 heavy (non-hydrogen) atoms. The highest BCUT2D eigenvalue weighted by atomic mass is 35.5. The zero-order valence-corrected chi connectivity index (χ0v) is 17.3. The van der Waals surface area contributed by atoms with Gasteiger partial charge in [0.2, 0.25) is 0 Å².